The Bertz CT molecular complexity index is 858. The summed E-state index contributed by atoms with van der Waals surface area (Å²) in [7, 11) is 0. The number of nitrogens with one attached hydrogen (secondary N) is 1. The van der Waals surface area contributed by atoms with Gasteiger partial charge < -0.3 is 9.73 Å². The molecule has 7 heteroatoms. The van der Waals surface area contributed by atoms with E-state index in [2.05, 4.69) is 10.4 Å². The van der Waals surface area contributed by atoms with Gasteiger partial charge in [0.1, 0.15) is 17.9 Å². The Morgan fingerprint density at radius 1 is 1.48 bits per heavy atom. The highest BCUT2D eigenvalue weighted by Gasteiger charge is 2.19. The highest BCUT2D eigenvalue weighted by molar-refractivity contribution is 5.82. The van der Waals surface area contributed by atoms with Crippen LogP contribution in [-0.4, -0.2) is 26.6 Å². The monoisotopic (exact) mass is 288 g/mol. The van der Waals surface area contributed by atoms with Gasteiger partial charge in [-0.15, -0.1) is 0 Å². The predicted octanol–water partition coefficient (Wildman–Crippen LogP) is 1.33. The van der Waals surface area contributed by atoms with Crippen molar-refractivity contribution in [2.24, 2.45) is 0 Å². The Morgan fingerprint density at radius 2 is 2.29 bits per heavy atom. The van der Waals surface area contributed by atoms with Gasteiger partial charge in [-0.05, 0) is 13.3 Å². The van der Waals surface area contributed by atoms with Crippen LogP contribution in [0.1, 0.15) is 26.3 Å². The van der Waals surface area contributed by atoms with E-state index in [0.717, 1.165) is 11.9 Å². The molecule has 7 nitrogen and oxygen atoms in total. The van der Waals surface area contributed by atoms with Crippen LogP contribution in [0.3, 0.4) is 0 Å². The molecule has 3 aromatic rings. The molecule has 3 heterocycles. The smallest absolute Gasteiger partial charge is 0.291 e. The molecule has 0 unspecified atom stereocenters. The molecule has 0 aliphatic heterocycles. The molecule has 21 heavy (non-hydrogen) atoms. The first kappa shape index (κ1) is 13.4. The van der Waals surface area contributed by atoms with E-state index >= 15 is 0 Å². The van der Waals surface area contributed by atoms with E-state index in [0.29, 0.717) is 17.6 Å². The fraction of sp³-hybridized carbons (Fsp3) is 0.357. The van der Waals surface area contributed by atoms with Crippen LogP contribution < -0.4 is 10.9 Å². The molecule has 1 amide bonds. The number of hydrogen-bond acceptors (Lipinski definition) is 4. The molecule has 0 aliphatic carbocycles. The fourth-order valence-corrected chi connectivity index (χ4v) is 2.29. The van der Waals surface area contributed by atoms with E-state index in [1.807, 2.05) is 6.92 Å². The van der Waals surface area contributed by atoms with Crippen molar-refractivity contribution in [2.45, 2.75) is 26.3 Å². The number of fused-ring (bicyclic) bond motifs is 3. The van der Waals surface area contributed by atoms with Crippen LogP contribution in [0, 0.1) is 0 Å². The summed E-state index contributed by atoms with van der Waals surface area (Å²) in [5, 5.41) is 6.87. The number of furan rings is 1. The van der Waals surface area contributed by atoms with Crippen LogP contribution in [0.2, 0.25) is 0 Å². The van der Waals surface area contributed by atoms with Crippen LogP contribution in [0.25, 0.3) is 16.6 Å². The van der Waals surface area contributed by atoms with E-state index in [-0.39, 0.29) is 11.5 Å². The van der Waals surface area contributed by atoms with E-state index in [4.69, 9.17) is 4.42 Å². The highest BCUT2D eigenvalue weighted by atomic mass is 16.3. The third-order valence-electron chi connectivity index (χ3n) is 3.47. The van der Waals surface area contributed by atoms with Crippen LogP contribution in [0.5, 0.6) is 0 Å². The van der Waals surface area contributed by atoms with Crippen molar-refractivity contribution in [2.75, 3.05) is 6.54 Å². The van der Waals surface area contributed by atoms with Crippen LogP contribution in [0.15, 0.2) is 33.9 Å². The number of hydrogen-bond donors (Lipinski definition) is 1. The van der Waals surface area contributed by atoms with Gasteiger partial charge in [0.15, 0.2) is 5.58 Å². The fourth-order valence-electron chi connectivity index (χ4n) is 2.29. The van der Waals surface area contributed by atoms with Gasteiger partial charge in [0.25, 0.3) is 5.56 Å². The van der Waals surface area contributed by atoms with Crippen molar-refractivity contribution in [1.82, 2.24) is 19.5 Å². The van der Waals surface area contributed by atoms with Crippen LogP contribution in [0.4, 0.5) is 0 Å². The predicted molar refractivity (Wildman–Crippen MR) is 77.2 cm³/mol. The van der Waals surface area contributed by atoms with Gasteiger partial charge in [-0.25, -0.2) is 4.68 Å². The Labute approximate surface area is 120 Å². The minimum Gasteiger partial charge on any atom is -0.463 e. The van der Waals surface area contributed by atoms with Crippen molar-refractivity contribution in [1.29, 1.82) is 0 Å². The van der Waals surface area contributed by atoms with Crippen molar-refractivity contribution in [3.8, 4) is 0 Å². The van der Waals surface area contributed by atoms with Gasteiger partial charge in [0.05, 0.1) is 11.8 Å². The van der Waals surface area contributed by atoms with Crippen LogP contribution in [-0.2, 0) is 4.79 Å². The number of carbonyl (C=O) groups excluding carboxylic acids is 1. The molecule has 0 radical (unpaired) electrons. The van der Waals surface area contributed by atoms with Gasteiger partial charge in [-0.1, -0.05) is 6.92 Å². The first-order valence-corrected chi connectivity index (χ1v) is 6.87. The molecule has 3 aromatic heterocycles. The summed E-state index contributed by atoms with van der Waals surface area (Å²) >= 11 is 0. The van der Waals surface area contributed by atoms with E-state index in [1.54, 1.807) is 29.7 Å². The highest BCUT2D eigenvalue weighted by Crippen LogP contribution is 2.18. The van der Waals surface area contributed by atoms with E-state index in [1.165, 1.54) is 11.0 Å². The summed E-state index contributed by atoms with van der Waals surface area (Å²) in [6.07, 6.45) is 3.93. The zero-order chi connectivity index (χ0) is 15.0. The van der Waals surface area contributed by atoms with Gasteiger partial charge >= 0.3 is 0 Å². The van der Waals surface area contributed by atoms with E-state index in [9.17, 15) is 9.59 Å². The van der Waals surface area contributed by atoms with Crippen molar-refractivity contribution in [3.05, 3.63) is 35.1 Å². The molecular formula is C14H16N4O3. The molecular weight excluding hydrogens is 272 g/mol. The van der Waals surface area contributed by atoms with Gasteiger partial charge in [-0.2, -0.15) is 5.10 Å². The minimum absolute atomic E-state index is 0.217. The first-order valence-electron chi connectivity index (χ1n) is 6.87. The maximum Gasteiger partial charge on any atom is 0.291 e. The summed E-state index contributed by atoms with van der Waals surface area (Å²) in [5.41, 5.74) is 1.53. The first-order chi connectivity index (χ1) is 10.1. The number of aromatic nitrogens is 3. The quantitative estimate of drug-likeness (QED) is 0.785. The van der Waals surface area contributed by atoms with Gasteiger partial charge in [-0.3, -0.25) is 14.0 Å². The maximum absolute atomic E-state index is 12.5. The molecule has 0 spiro atoms. The molecule has 1 atom stereocenters. The van der Waals surface area contributed by atoms with Crippen LogP contribution >= 0.6 is 0 Å². The minimum atomic E-state index is -0.657. The number of amides is 1. The Kier molecular flexibility index (Phi) is 3.25. The third-order valence-corrected chi connectivity index (χ3v) is 3.47. The zero-order valence-electron chi connectivity index (χ0n) is 11.9. The molecule has 0 saturated carbocycles. The Morgan fingerprint density at radius 3 is 3.05 bits per heavy atom. The molecule has 0 aromatic carbocycles. The zero-order valence-corrected chi connectivity index (χ0v) is 11.9. The Hall–Kier alpha value is -2.57. The normalized spacial score (nSPS) is 12.9. The summed E-state index contributed by atoms with van der Waals surface area (Å²) in [6, 6.07) is 2.77. The number of nitrogens with zero attached hydrogens (tertiary/aromatic N) is 3. The second-order valence-electron chi connectivity index (χ2n) is 4.92. The summed E-state index contributed by atoms with van der Waals surface area (Å²) < 4.78 is 8.14. The molecule has 0 saturated heterocycles. The standard InChI is InChI=1S/C14H16N4O3/c1-3-5-15-13(19)9(2)18-14(20)11-7-12-10(4-6-21-12)17(11)8-16-18/h4,6-9H,3,5H2,1-2H3,(H,15,19)/t9-/m0/s1. The van der Waals surface area contributed by atoms with Crippen molar-refractivity contribution >= 4 is 22.5 Å². The van der Waals surface area contributed by atoms with Gasteiger partial charge in [0.2, 0.25) is 5.91 Å². The Balaban J connectivity index is 2.05. The number of rotatable bonds is 4. The topological polar surface area (TPSA) is 81.5 Å². The number of carbonyl (C=O) groups is 1. The molecule has 1 N–H and O–H groups in total. The lowest BCUT2D eigenvalue weighted by molar-refractivity contribution is -0.124. The summed E-state index contributed by atoms with van der Waals surface area (Å²) in [5.74, 6) is -0.217. The van der Waals surface area contributed by atoms with Crippen molar-refractivity contribution in [3.63, 3.8) is 0 Å². The lowest BCUT2D eigenvalue weighted by Crippen LogP contribution is -2.37. The average Bonchev–Trinajstić information content (AvgIpc) is 3.06. The largest absolute Gasteiger partial charge is 0.463 e. The molecule has 3 rings (SSSR count). The molecule has 0 fully saturated rings. The van der Waals surface area contributed by atoms with Gasteiger partial charge in [0, 0.05) is 18.7 Å². The lowest BCUT2D eigenvalue weighted by atomic mass is 10.3. The SMILES string of the molecule is CCCNC(=O)[C@H](C)n1ncn2c(cc3occc32)c1=O. The third kappa shape index (κ3) is 2.10. The van der Waals surface area contributed by atoms with E-state index < -0.39 is 6.04 Å². The van der Waals surface area contributed by atoms with Crippen molar-refractivity contribution < 1.29 is 9.21 Å². The molecule has 0 aliphatic rings. The lowest BCUT2D eigenvalue weighted by Gasteiger charge is -2.13. The molecule has 110 valence electrons. The maximum atomic E-state index is 12.5. The second kappa shape index (κ2) is 5.08. The molecule has 0 bridgehead atoms. The average molecular weight is 288 g/mol. The second-order valence-corrected chi connectivity index (χ2v) is 4.92. The summed E-state index contributed by atoms with van der Waals surface area (Å²) in [6.45, 7) is 4.21. The summed E-state index contributed by atoms with van der Waals surface area (Å²) in [4.78, 5) is 24.5.